The van der Waals surface area contributed by atoms with Crippen LogP contribution < -0.4 is 4.74 Å². The molecule has 36 heavy (non-hydrogen) atoms. The molecule has 0 saturated heterocycles. The van der Waals surface area contributed by atoms with Crippen LogP contribution in [0.5, 0.6) is 11.5 Å². The van der Waals surface area contributed by atoms with E-state index in [0.717, 1.165) is 55.8 Å². The van der Waals surface area contributed by atoms with E-state index >= 15 is 0 Å². The summed E-state index contributed by atoms with van der Waals surface area (Å²) >= 11 is 0. The lowest BCUT2D eigenvalue weighted by Gasteiger charge is -2.34. The van der Waals surface area contributed by atoms with Crippen molar-refractivity contribution in [2.45, 2.75) is 19.3 Å². The van der Waals surface area contributed by atoms with Gasteiger partial charge in [-0.25, -0.2) is 9.97 Å². The number of nitrogens with zero attached hydrogens (tertiary/aromatic N) is 2. The zero-order valence-corrected chi connectivity index (χ0v) is 20.2. The van der Waals surface area contributed by atoms with Gasteiger partial charge in [-0.15, -0.1) is 0 Å². The predicted octanol–water partition coefficient (Wildman–Crippen LogP) is 8.55. The Bertz CT molecular complexity index is 1790. The van der Waals surface area contributed by atoms with Gasteiger partial charge < -0.3 is 4.74 Å². The average molecular weight is 465 g/mol. The molecule has 1 aliphatic heterocycles. The molecule has 0 aliphatic carbocycles. The van der Waals surface area contributed by atoms with Crippen LogP contribution in [0, 0.1) is 0 Å². The van der Waals surface area contributed by atoms with Crippen molar-refractivity contribution in [3.63, 3.8) is 0 Å². The van der Waals surface area contributed by atoms with E-state index in [-0.39, 0.29) is 5.41 Å². The van der Waals surface area contributed by atoms with Gasteiger partial charge in [0.1, 0.15) is 11.5 Å². The quantitative estimate of drug-likeness (QED) is 0.241. The number of rotatable bonds is 2. The van der Waals surface area contributed by atoms with E-state index in [1.54, 1.807) is 0 Å². The minimum atomic E-state index is -0.131. The van der Waals surface area contributed by atoms with Crippen LogP contribution in [-0.4, -0.2) is 9.97 Å². The summed E-state index contributed by atoms with van der Waals surface area (Å²) in [6, 6.07) is 37.7. The molecule has 2 aromatic heterocycles. The number of pyridine rings is 2. The first-order valence-corrected chi connectivity index (χ1v) is 12.3. The summed E-state index contributed by atoms with van der Waals surface area (Å²) in [4.78, 5) is 10.2. The number of hydrogen-bond acceptors (Lipinski definition) is 3. The van der Waals surface area contributed by atoms with Crippen LogP contribution in [0.15, 0.2) is 109 Å². The molecule has 0 bridgehead atoms. The molecular weight excluding hydrogens is 440 g/mol. The Labute approximate surface area is 210 Å². The Hall–Kier alpha value is -4.50. The van der Waals surface area contributed by atoms with Crippen molar-refractivity contribution < 1.29 is 4.74 Å². The number of aromatic nitrogens is 2. The van der Waals surface area contributed by atoms with Gasteiger partial charge in [0, 0.05) is 38.4 Å². The Morgan fingerprint density at radius 2 is 1.11 bits per heavy atom. The van der Waals surface area contributed by atoms with Crippen LogP contribution in [-0.2, 0) is 5.41 Å². The van der Waals surface area contributed by atoms with Crippen molar-refractivity contribution in [1.82, 2.24) is 9.97 Å². The third kappa shape index (κ3) is 3.20. The molecule has 0 saturated carbocycles. The van der Waals surface area contributed by atoms with E-state index in [2.05, 4.69) is 92.7 Å². The van der Waals surface area contributed by atoms with Crippen molar-refractivity contribution >= 4 is 21.8 Å². The third-order valence-electron chi connectivity index (χ3n) is 7.32. The van der Waals surface area contributed by atoms with Crippen LogP contribution in [0.4, 0.5) is 0 Å². The standard InChI is InChI=1S/C33H24N2O/c1-33(2)25-10-6-7-11-29(25)36-30-20-24(14-17-26(30)33)28-19-16-23-13-12-22-15-18-27(21-8-4-3-5-9-21)34-31(22)32(23)35-28/h3-20H,1-2H3. The van der Waals surface area contributed by atoms with E-state index in [9.17, 15) is 0 Å². The normalized spacial score (nSPS) is 13.7. The van der Waals surface area contributed by atoms with E-state index in [4.69, 9.17) is 14.7 Å². The van der Waals surface area contributed by atoms with Crippen molar-refractivity contribution in [3.05, 3.63) is 120 Å². The van der Waals surface area contributed by atoms with Gasteiger partial charge in [-0.1, -0.05) is 98.8 Å². The molecular formula is C33H24N2O. The largest absolute Gasteiger partial charge is 0.457 e. The van der Waals surface area contributed by atoms with Crippen molar-refractivity contribution in [2.24, 2.45) is 0 Å². The van der Waals surface area contributed by atoms with E-state index in [1.165, 1.54) is 11.1 Å². The Kier molecular flexibility index (Phi) is 4.49. The maximum Gasteiger partial charge on any atom is 0.132 e. The van der Waals surface area contributed by atoms with Gasteiger partial charge in [0.25, 0.3) is 0 Å². The lowest BCUT2D eigenvalue weighted by atomic mass is 9.75. The van der Waals surface area contributed by atoms with Crippen LogP contribution in [0.1, 0.15) is 25.0 Å². The molecule has 0 radical (unpaired) electrons. The zero-order chi connectivity index (χ0) is 24.3. The summed E-state index contributed by atoms with van der Waals surface area (Å²) in [5, 5.41) is 2.16. The number of fused-ring (bicyclic) bond motifs is 5. The molecule has 4 aromatic carbocycles. The first-order chi connectivity index (χ1) is 17.6. The number of para-hydroxylation sites is 1. The second-order valence-electron chi connectivity index (χ2n) is 9.90. The molecule has 7 rings (SSSR count). The van der Waals surface area contributed by atoms with Crippen LogP contribution >= 0.6 is 0 Å². The van der Waals surface area contributed by atoms with Crippen molar-refractivity contribution in [3.8, 4) is 34.0 Å². The molecule has 0 N–H and O–H groups in total. The lowest BCUT2D eigenvalue weighted by Crippen LogP contribution is -2.24. The fraction of sp³-hybridized carbons (Fsp3) is 0.0909. The second kappa shape index (κ2) is 7.76. The summed E-state index contributed by atoms with van der Waals surface area (Å²) in [5.74, 6) is 1.81. The first-order valence-electron chi connectivity index (χ1n) is 12.3. The molecule has 0 spiro atoms. The molecule has 0 unspecified atom stereocenters. The molecule has 3 heteroatoms. The average Bonchev–Trinajstić information content (AvgIpc) is 2.92. The second-order valence-corrected chi connectivity index (χ2v) is 9.90. The van der Waals surface area contributed by atoms with Crippen LogP contribution in [0.3, 0.4) is 0 Å². The predicted molar refractivity (Wildman–Crippen MR) is 147 cm³/mol. The summed E-state index contributed by atoms with van der Waals surface area (Å²) < 4.78 is 6.36. The van der Waals surface area contributed by atoms with E-state index < -0.39 is 0 Å². The number of hydrogen-bond donors (Lipinski definition) is 0. The van der Waals surface area contributed by atoms with Crippen molar-refractivity contribution in [2.75, 3.05) is 0 Å². The summed E-state index contributed by atoms with van der Waals surface area (Å²) in [5.41, 5.74) is 8.08. The van der Waals surface area contributed by atoms with Gasteiger partial charge in [-0.05, 0) is 24.3 Å². The molecule has 0 atom stereocenters. The smallest absolute Gasteiger partial charge is 0.132 e. The highest BCUT2D eigenvalue weighted by Crippen LogP contribution is 2.48. The van der Waals surface area contributed by atoms with E-state index in [0.29, 0.717) is 0 Å². The summed E-state index contributed by atoms with van der Waals surface area (Å²) in [6.07, 6.45) is 0. The lowest BCUT2D eigenvalue weighted by molar-refractivity contribution is 0.418. The molecule has 3 heterocycles. The molecule has 1 aliphatic rings. The minimum Gasteiger partial charge on any atom is -0.457 e. The molecule has 172 valence electrons. The Balaban J connectivity index is 1.37. The molecule has 6 aromatic rings. The van der Waals surface area contributed by atoms with Gasteiger partial charge in [0.2, 0.25) is 0 Å². The van der Waals surface area contributed by atoms with Gasteiger partial charge >= 0.3 is 0 Å². The highest BCUT2D eigenvalue weighted by molar-refractivity contribution is 6.04. The van der Waals surface area contributed by atoms with Gasteiger partial charge in [0.05, 0.1) is 22.4 Å². The summed E-state index contributed by atoms with van der Waals surface area (Å²) in [6.45, 7) is 4.51. The molecule has 0 amide bonds. The van der Waals surface area contributed by atoms with Gasteiger partial charge in [0.15, 0.2) is 0 Å². The van der Waals surface area contributed by atoms with E-state index in [1.807, 2.05) is 30.3 Å². The van der Waals surface area contributed by atoms with Gasteiger partial charge in [-0.3, -0.25) is 0 Å². The molecule has 3 nitrogen and oxygen atoms in total. The van der Waals surface area contributed by atoms with Crippen LogP contribution in [0.25, 0.3) is 44.3 Å². The number of benzene rings is 4. The van der Waals surface area contributed by atoms with Gasteiger partial charge in [-0.2, -0.15) is 0 Å². The monoisotopic (exact) mass is 464 g/mol. The fourth-order valence-corrected chi connectivity index (χ4v) is 5.32. The fourth-order valence-electron chi connectivity index (χ4n) is 5.32. The highest BCUT2D eigenvalue weighted by atomic mass is 16.5. The first kappa shape index (κ1) is 20.8. The zero-order valence-electron chi connectivity index (χ0n) is 20.2. The highest BCUT2D eigenvalue weighted by Gasteiger charge is 2.34. The molecule has 0 fully saturated rings. The maximum absolute atomic E-state index is 6.36. The topological polar surface area (TPSA) is 35.0 Å². The van der Waals surface area contributed by atoms with Crippen LogP contribution in [0.2, 0.25) is 0 Å². The maximum atomic E-state index is 6.36. The Morgan fingerprint density at radius 3 is 1.83 bits per heavy atom. The Morgan fingerprint density at radius 1 is 0.528 bits per heavy atom. The summed E-state index contributed by atoms with van der Waals surface area (Å²) in [7, 11) is 0. The number of ether oxygens (including phenoxy) is 1. The van der Waals surface area contributed by atoms with Crippen molar-refractivity contribution in [1.29, 1.82) is 0 Å². The minimum absolute atomic E-state index is 0.131. The third-order valence-corrected chi connectivity index (χ3v) is 7.32. The SMILES string of the molecule is CC1(C)c2ccccc2Oc2cc(-c3ccc4ccc5ccc(-c6ccccc6)nc5c4n3)ccc21.